The van der Waals surface area contributed by atoms with E-state index in [9.17, 15) is 4.39 Å². The summed E-state index contributed by atoms with van der Waals surface area (Å²) in [5.41, 5.74) is 1.87. The Bertz CT molecular complexity index is 555. The van der Waals surface area contributed by atoms with Crippen molar-refractivity contribution in [3.8, 4) is 5.75 Å². The summed E-state index contributed by atoms with van der Waals surface area (Å²) in [6, 6.07) is 13.7. The molecule has 0 heterocycles. The minimum atomic E-state index is -0.309. The zero-order valence-corrected chi connectivity index (χ0v) is 9.71. The van der Waals surface area contributed by atoms with Crippen LogP contribution in [0.5, 0.6) is 5.75 Å². The van der Waals surface area contributed by atoms with Crippen LogP contribution in [0.4, 0.5) is 4.39 Å². The lowest BCUT2D eigenvalue weighted by molar-refractivity contribution is 0.304. The van der Waals surface area contributed by atoms with Gasteiger partial charge in [-0.3, -0.25) is 0 Å². The molecule has 18 heavy (non-hydrogen) atoms. The highest BCUT2D eigenvalue weighted by Gasteiger charge is 1.98. The Morgan fingerprint density at radius 1 is 1.17 bits per heavy atom. The number of nitrogens with two attached hydrogens (primary N) is 1. The second-order valence-electron chi connectivity index (χ2n) is 3.77. The molecular formula is C14H13FN2O. The molecule has 0 spiro atoms. The molecule has 2 aromatic carbocycles. The first-order valence-corrected chi connectivity index (χ1v) is 5.48. The lowest BCUT2D eigenvalue weighted by atomic mass is 10.1. The maximum Gasteiger partial charge on any atom is 0.126 e. The van der Waals surface area contributed by atoms with Crippen LogP contribution in [0.15, 0.2) is 53.6 Å². The van der Waals surface area contributed by atoms with E-state index in [1.807, 2.05) is 24.3 Å². The molecule has 0 aliphatic heterocycles. The summed E-state index contributed by atoms with van der Waals surface area (Å²) in [5.74, 6) is 5.29. The van der Waals surface area contributed by atoms with Crippen molar-refractivity contribution in [1.82, 2.24) is 0 Å². The molecule has 4 heteroatoms. The van der Waals surface area contributed by atoms with Crippen molar-refractivity contribution in [2.45, 2.75) is 6.61 Å². The van der Waals surface area contributed by atoms with E-state index in [0.717, 1.165) is 11.1 Å². The van der Waals surface area contributed by atoms with E-state index >= 15 is 0 Å². The van der Waals surface area contributed by atoms with Gasteiger partial charge in [-0.15, -0.1) is 0 Å². The lowest BCUT2D eigenvalue weighted by Crippen LogP contribution is -1.97. The van der Waals surface area contributed by atoms with E-state index in [1.54, 1.807) is 18.3 Å². The van der Waals surface area contributed by atoms with Crippen molar-refractivity contribution in [2.24, 2.45) is 10.9 Å². The third-order valence-electron chi connectivity index (χ3n) is 2.38. The third kappa shape index (κ3) is 3.31. The number of hydrogen-bond acceptors (Lipinski definition) is 3. The summed E-state index contributed by atoms with van der Waals surface area (Å²) in [5, 5.41) is 3.46. The molecule has 2 N–H and O–H groups in total. The van der Waals surface area contributed by atoms with Gasteiger partial charge < -0.3 is 10.6 Å². The van der Waals surface area contributed by atoms with Crippen LogP contribution >= 0.6 is 0 Å². The number of benzene rings is 2. The van der Waals surface area contributed by atoms with Gasteiger partial charge in [0, 0.05) is 6.07 Å². The summed E-state index contributed by atoms with van der Waals surface area (Å²) in [7, 11) is 0. The number of halogens is 1. The standard InChI is InChI=1S/C14H13FN2O/c15-13-5-2-6-14(8-13)18-10-12-4-1-3-11(7-12)9-17-16/h1-9H,10,16H2. The van der Waals surface area contributed by atoms with Crippen LogP contribution in [0.1, 0.15) is 11.1 Å². The molecule has 3 nitrogen and oxygen atoms in total. The Hall–Kier alpha value is -2.36. The van der Waals surface area contributed by atoms with Crippen molar-refractivity contribution >= 4 is 6.21 Å². The van der Waals surface area contributed by atoms with Crippen molar-refractivity contribution in [3.05, 3.63) is 65.5 Å². The van der Waals surface area contributed by atoms with Gasteiger partial charge in [-0.25, -0.2) is 4.39 Å². The van der Waals surface area contributed by atoms with Gasteiger partial charge >= 0.3 is 0 Å². The lowest BCUT2D eigenvalue weighted by Gasteiger charge is -2.06. The van der Waals surface area contributed by atoms with Crippen LogP contribution in [0.25, 0.3) is 0 Å². The molecule has 0 unspecified atom stereocenters. The topological polar surface area (TPSA) is 47.6 Å². The zero-order chi connectivity index (χ0) is 12.8. The third-order valence-corrected chi connectivity index (χ3v) is 2.38. The summed E-state index contributed by atoms with van der Waals surface area (Å²) >= 11 is 0. The molecule has 2 aromatic rings. The van der Waals surface area contributed by atoms with Gasteiger partial charge in [0.25, 0.3) is 0 Å². The highest BCUT2D eigenvalue weighted by atomic mass is 19.1. The molecule has 0 aromatic heterocycles. The number of hydrazone groups is 1. The normalized spacial score (nSPS) is 10.7. The highest BCUT2D eigenvalue weighted by Crippen LogP contribution is 2.14. The molecule has 0 bridgehead atoms. The van der Waals surface area contributed by atoms with Crippen LogP contribution < -0.4 is 10.6 Å². The molecule has 92 valence electrons. The first kappa shape index (κ1) is 12.1. The SMILES string of the molecule is NN=Cc1cccc(COc2cccc(F)c2)c1. The van der Waals surface area contributed by atoms with Crippen molar-refractivity contribution in [3.63, 3.8) is 0 Å². The molecule has 0 aliphatic carbocycles. The zero-order valence-electron chi connectivity index (χ0n) is 9.71. The fraction of sp³-hybridized carbons (Fsp3) is 0.0714. The summed E-state index contributed by atoms with van der Waals surface area (Å²) < 4.78 is 18.4. The van der Waals surface area contributed by atoms with Gasteiger partial charge in [-0.2, -0.15) is 5.10 Å². The van der Waals surface area contributed by atoms with Gasteiger partial charge in [0.1, 0.15) is 18.2 Å². The molecule has 0 saturated heterocycles. The predicted molar refractivity (Wildman–Crippen MR) is 69.0 cm³/mol. The van der Waals surface area contributed by atoms with E-state index in [4.69, 9.17) is 10.6 Å². The Labute approximate surface area is 105 Å². The van der Waals surface area contributed by atoms with E-state index in [1.165, 1.54) is 12.1 Å². The number of hydrogen-bond donors (Lipinski definition) is 1. The molecule has 0 radical (unpaired) electrons. The number of rotatable bonds is 4. The Balaban J connectivity index is 2.04. The van der Waals surface area contributed by atoms with Crippen LogP contribution in [-0.2, 0) is 6.61 Å². The summed E-state index contributed by atoms with van der Waals surface area (Å²) in [4.78, 5) is 0. The van der Waals surface area contributed by atoms with Gasteiger partial charge in [0.05, 0.1) is 6.21 Å². The largest absolute Gasteiger partial charge is 0.489 e. The molecule has 0 aliphatic rings. The predicted octanol–water partition coefficient (Wildman–Crippen LogP) is 2.70. The van der Waals surface area contributed by atoms with Crippen LogP contribution in [0.2, 0.25) is 0 Å². The van der Waals surface area contributed by atoms with Crippen LogP contribution in [0, 0.1) is 5.82 Å². The van der Waals surface area contributed by atoms with Gasteiger partial charge in [-0.1, -0.05) is 24.3 Å². The molecule has 0 amide bonds. The van der Waals surface area contributed by atoms with Crippen LogP contribution in [0.3, 0.4) is 0 Å². The fourth-order valence-electron chi connectivity index (χ4n) is 1.57. The maximum atomic E-state index is 12.9. The van der Waals surface area contributed by atoms with Gasteiger partial charge in [0.2, 0.25) is 0 Å². The molecule has 0 atom stereocenters. The highest BCUT2D eigenvalue weighted by molar-refractivity contribution is 5.79. The van der Waals surface area contributed by atoms with Crippen molar-refractivity contribution < 1.29 is 9.13 Å². The van der Waals surface area contributed by atoms with E-state index in [-0.39, 0.29) is 5.82 Å². The summed E-state index contributed by atoms with van der Waals surface area (Å²) in [6.45, 7) is 0.371. The van der Waals surface area contributed by atoms with E-state index < -0.39 is 0 Å². The fourth-order valence-corrected chi connectivity index (χ4v) is 1.57. The molecule has 2 rings (SSSR count). The first-order valence-electron chi connectivity index (χ1n) is 5.48. The Morgan fingerprint density at radius 2 is 2.00 bits per heavy atom. The Morgan fingerprint density at radius 3 is 2.78 bits per heavy atom. The van der Waals surface area contributed by atoms with Gasteiger partial charge in [0.15, 0.2) is 0 Å². The van der Waals surface area contributed by atoms with Crippen LogP contribution in [-0.4, -0.2) is 6.21 Å². The summed E-state index contributed by atoms with van der Waals surface area (Å²) in [6.07, 6.45) is 1.56. The Kier molecular flexibility index (Phi) is 3.91. The average Bonchev–Trinajstić information content (AvgIpc) is 2.37. The van der Waals surface area contributed by atoms with Crippen molar-refractivity contribution in [2.75, 3.05) is 0 Å². The van der Waals surface area contributed by atoms with E-state index in [2.05, 4.69) is 5.10 Å². The molecule has 0 saturated carbocycles. The van der Waals surface area contributed by atoms with Crippen molar-refractivity contribution in [1.29, 1.82) is 0 Å². The van der Waals surface area contributed by atoms with Gasteiger partial charge in [-0.05, 0) is 29.3 Å². The van der Waals surface area contributed by atoms with E-state index in [0.29, 0.717) is 12.4 Å². The minimum absolute atomic E-state index is 0.309. The monoisotopic (exact) mass is 244 g/mol. The second kappa shape index (κ2) is 5.82. The maximum absolute atomic E-state index is 12.9. The smallest absolute Gasteiger partial charge is 0.126 e. The minimum Gasteiger partial charge on any atom is -0.489 e. The molecule has 0 fully saturated rings. The molecular weight excluding hydrogens is 231 g/mol. The second-order valence-corrected chi connectivity index (χ2v) is 3.77. The quantitative estimate of drug-likeness (QED) is 0.510. The first-order chi connectivity index (χ1) is 8.78. The number of ether oxygens (including phenoxy) is 1. The average molecular weight is 244 g/mol. The number of nitrogens with zero attached hydrogens (tertiary/aromatic N) is 1.